The smallest absolute Gasteiger partial charge is 0.238 e. The van der Waals surface area contributed by atoms with E-state index in [1.165, 1.54) is 6.92 Å². The fourth-order valence-electron chi connectivity index (χ4n) is 2.90. The third-order valence-corrected chi connectivity index (χ3v) is 6.02. The molecule has 0 aromatic carbocycles. The Morgan fingerprint density at radius 2 is 1.95 bits per heavy atom. The highest BCUT2D eigenvalue weighted by atomic mass is 32.2. The lowest BCUT2D eigenvalue weighted by molar-refractivity contribution is -0.120. The highest BCUT2D eigenvalue weighted by molar-refractivity contribution is 7.92. The summed E-state index contributed by atoms with van der Waals surface area (Å²) in [5.41, 5.74) is 0. The van der Waals surface area contributed by atoms with Gasteiger partial charge in [0.1, 0.15) is 5.25 Å². The number of hydrogen-bond donors (Lipinski definition) is 1. The summed E-state index contributed by atoms with van der Waals surface area (Å²) in [4.78, 5) is 14.3. The maximum atomic E-state index is 12.0. The topological polar surface area (TPSA) is 84.9 Å². The summed E-state index contributed by atoms with van der Waals surface area (Å²) in [6.07, 6.45) is 2.06. The molecule has 22 heavy (non-hydrogen) atoms. The molecular formula is C14H26N2O5S. The van der Waals surface area contributed by atoms with Crippen molar-refractivity contribution >= 4 is 15.7 Å². The summed E-state index contributed by atoms with van der Waals surface area (Å²) in [5.74, 6) is -0.0633. The maximum Gasteiger partial charge on any atom is 0.238 e. The summed E-state index contributed by atoms with van der Waals surface area (Å²) in [6, 6.07) is 0.169. The Morgan fingerprint density at radius 1 is 1.27 bits per heavy atom. The number of hydrogen-bond acceptors (Lipinski definition) is 6. The van der Waals surface area contributed by atoms with E-state index in [0.717, 1.165) is 32.4 Å². The van der Waals surface area contributed by atoms with E-state index >= 15 is 0 Å². The summed E-state index contributed by atoms with van der Waals surface area (Å²) in [5, 5.41) is 1.79. The molecule has 0 aromatic rings. The maximum absolute atomic E-state index is 12.0. The van der Waals surface area contributed by atoms with Crippen LogP contribution in [0.5, 0.6) is 0 Å². The van der Waals surface area contributed by atoms with Crippen molar-refractivity contribution in [3.05, 3.63) is 0 Å². The zero-order valence-electron chi connectivity index (χ0n) is 13.3. The lowest BCUT2D eigenvalue weighted by Crippen LogP contribution is -2.53. The minimum atomic E-state index is -3.36. The van der Waals surface area contributed by atoms with Crippen molar-refractivity contribution in [2.24, 2.45) is 5.92 Å². The molecule has 128 valence electrons. The van der Waals surface area contributed by atoms with Crippen molar-refractivity contribution in [2.75, 3.05) is 52.3 Å². The van der Waals surface area contributed by atoms with E-state index < -0.39 is 21.0 Å². The number of carbonyl (C=O) groups is 1. The summed E-state index contributed by atoms with van der Waals surface area (Å²) >= 11 is 0. The van der Waals surface area contributed by atoms with Gasteiger partial charge in [-0.2, -0.15) is 0 Å². The fraction of sp³-hybridized carbons (Fsp3) is 0.929. The monoisotopic (exact) mass is 334 g/mol. The number of carbonyl (C=O) groups excluding carboxylic acids is 1. The molecule has 7 nitrogen and oxygen atoms in total. The molecule has 0 spiro atoms. The lowest BCUT2D eigenvalue weighted by atomic mass is 9.97. The second kappa shape index (κ2) is 7.72. The molecule has 1 N–H and O–H groups in total. The Balaban J connectivity index is 1.95. The molecule has 0 bridgehead atoms. The first-order valence-corrected chi connectivity index (χ1v) is 9.71. The average Bonchev–Trinajstić information content (AvgIpc) is 3.00. The van der Waals surface area contributed by atoms with Crippen LogP contribution in [0.25, 0.3) is 0 Å². The van der Waals surface area contributed by atoms with Gasteiger partial charge in [-0.25, -0.2) is 8.42 Å². The molecule has 0 aromatic heterocycles. The number of morpholine rings is 1. The predicted octanol–water partition coefficient (Wildman–Crippen LogP) is -0.727. The first kappa shape index (κ1) is 17.7. The van der Waals surface area contributed by atoms with Crippen LogP contribution in [0.4, 0.5) is 0 Å². The van der Waals surface area contributed by atoms with Crippen LogP contribution in [0, 0.1) is 5.92 Å². The summed E-state index contributed by atoms with van der Waals surface area (Å²) in [6.45, 7) is 6.37. The van der Waals surface area contributed by atoms with Gasteiger partial charge in [0.2, 0.25) is 5.91 Å². The van der Waals surface area contributed by atoms with Crippen LogP contribution in [-0.2, 0) is 24.1 Å². The number of nitrogens with one attached hydrogen (secondary N) is 1. The number of ether oxygens (including phenoxy) is 2. The van der Waals surface area contributed by atoms with Crippen molar-refractivity contribution in [3.63, 3.8) is 0 Å². The highest BCUT2D eigenvalue weighted by Gasteiger charge is 2.32. The fourth-order valence-corrected chi connectivity index (χ4v) is 3.37. The molecule has 2 aliphatic rings. The molecule has 8 heteroatoms. The Labute approximate surface area is 132 Å². The van der Waals surface area contributed by atoms with E-state index in [1.807, 2.05) is 0 Å². The van der Waals surface area contributed by atoms with Gasteiger partial charge in [-0.3, -0.25) is 9.69 Å². The van der Waals surface area contributed by atoms with Gasteiger partial charge in [-0.05, 0) is 13.3 Å². The van der Waals surface area contributed by atoms with Gasteiger partial charge in [-0.15, -0.1) is 0 Å². The highest BCUT2D eigenvalue weighted by Crippen LogP contribution is 2.21. The van der Waals surface area contributed by atoms with Gasteiger partial charge in [0.05, 0.1) is 19.8 Å². The molecule has 1 amide bonds. The van der Waals surface area contributed by atoms with E-state index in [9.17, 15) is 13.2 Å². The van der Waals surface area contributed by atoms with Crippen LogP contribution >= 0.6 is 0 Å². The standard InChI is InChI=1S/C14H26N2O5S/c1-11(22(2,18)19)14(17)15-9-13(12-3-6-21-10-12)16-4-7-20-8-5-16/h11-13H,3-10H2,1-2H3,(H,15,17). The normalized spacial score (nSPS) is 26.5. The van der Waals surface area contributed by atoms with Crippen LogP contribution in [0.3, 0.4) is 0 Å². The minimum absolute atomic E-state index is 0.169. The molecule has 0 saturated carbocycles. The molecule has 2 aliphatic heterocycles. The summed E-state index contributed by atoms with van der Waals surface area (Å²) < 4.78 is 33.8. The lowest BCUT2D eigenvalue weighted by Gasteiger charge is -2.37. The van der Waals surface area contributed by atoms with Crippen molar-refractivity contribution in [2.45, 2.75) is 24.6 Å². The predicted molar refractivity (Wildman–Crippen MR) is 82.4 cm³/mol. The minimum Gasteiger partial charge on any atom is -0.381 e. The molecule has 2 fully saturated rings. The SMILES string of the molecule is CC(C(=O)NCC(C1CCOC1)N1CCOCC1)S(C)(=O)=O. The van der Waals surface area contributed by atoms with Crippen molar-refractivity contribution in [1.82, 2.24) is 10.2 Å². The molecule has 3 atom stereocenters. The van der Waals surface area contributed by atoms with E-state index in [4.69, 9.17) is 9.47 Å². The van der Waals surface area contributed by atoms with Crippen LogP contribution in [0.2, 0.25) is 0 Å². The van der Waals surface area contributed by atoms with Crippen molar-refractivity contribution < 1.29 is 22.7 Å². The van der Waals surface area contributed by atoms with E-state index in [2.05, 4.69) is 10.2 Å². The van der Waals surface area contributed by atoms with E-state index in [1.54, 1.807) is 0 Å². The van der Waals surface area contributed by atoms with Crippen LogP contribution in [-0.4, -0.2) is 82.8 Å². The number of amides is 1. The van der Waals surface area contributed by atoms with Crippen molar-refractivity contribution in [1.29, 1.82) is 0 Å². The van der Waals surface area contributed by atoms with Gasteiger partial charge in [0, 0.05) is 44.5 Å². The molecule has 2 heterocycles. The second-order valence-electron chi connectivity index (χ2n) is 6.06. The Kier molecular flexibility index (Phi) is 6.19. The van der Waals surface area contributed by atoms with Gasteiger partial charge < -0.3 is 14.8 Å². The number of rotatable bonds is 6. The van der Waals surface area contributed by atoms with Crippen LogP contribution in [0.1, 0.15) is 13.3 Å². The Morgan fingerprint density at radius 3 is 2.50 bits per heavy atom. The third-order valence-electron chi connectivity index (χ3n) is 4.52. The van der Waals surface area contributed by atoms with Gasteiger partial charge in [-0.1, -0.05) is 0 Å². The van der Waals surface area contributed by atoms with Crippen LogP contribution in [0.15, 0.2) is 0 Å². The largest absolute Gasteiger partial charge is 0.381 e. The Bertz CT molecular complexity index is 470. The second-order valence-corrected chi connectivity index (χ2v) is 8.42. The first-order valence-electron chi connectivity index (χ1n) is 7.75. The molecule has 2 rings (SSSR count). The third kappa shape index (κ3) is 4.65. The zero-order chi connectivity index (χ0) is 16.2. The van der Waals surface area contributed by atoms with Gasteiger partial charge >= 0.3 is 0 Å². The van der Waals surface area contributed by atoms with Crippen molar-refractivity contribution in [3.8, 4) is 0 Å². The molecular weight excluding hydrogens is 308 g/mol. The van der Waals surface area contributed by atoms with Gasteiger partial charge in [0.15, 0.2) is 9.84 Å². The molecule has 3 unspecified atom stereocenters. The van der Waals surface area contributed by atoms with E-state index in [-0.39, 0.29) is 6.04 Å². The van der Waals surface area contributed by atoms with E-state index in [0.29, 0.717) is 32.3 Å². The number of sulfone groups is 1. The zero-order valence-corrected chi connectivity index (χ0v) is 14.1. The number of nitrogens with zero attached hydrogens (tertiary/aromatic N) is 1. The van der Waals surface area contributed by atoms with Gasteiger partial charge in [0.25, 0.3) is 0 Å². The first-order chi connectivity index (χ1) is 10.4. The molecule has 2 saturated heterocycles. The quantitative estimate of drug-likeness (QED) is 0.690. The molecule has 0 radical (unpaired) electrons. The Hall–Kier alpha value is -0.700. The molecule has 0 aliphatic carbocycles. The van der Waals surface area contributed by atoms with Crippen LogP contribution < -0.4 is 5.32 Å². The summed E-state index contributed by atoms with van der Waals surface area (Å²) in [7, 11) is -3.36. The average molecular weight is 334 g/mol.